The zero-order valence-electron chi connectivity index (χ0n) is 10.1. The molecule has 0 amide bonds. The second-order valence-electron chi connectivity index (χ2n) is 4.46. The summed E-state index contributed by atoms with van der Waals surface area (Å²) in [6.45, 7) is 4.21. The van der Waals surface area contributed by atoms with Crippen LogP contribution in [0.5, 0.6) is 0 Å². The summed E-state index contributed by atoms with van der Waals surface area (Å²) in [5.41, 5.74) is 0.682. The van der Waals surface area contributed by atoms with E-state index in [1.165, 1.54) is 0 Å². The fraction of sp³-hybridized carbons (Fsp3) is 0.357. The van der Waals surface area contributed by atoms with E-state index in [4.69, 9.17) is 9.47 Å². The highest BCUT2D eigenvalue weighted by Gasteiger charge is 2.31. The van der Waals surface area contributed by atoms with Crippen LogP contribution in [0.3, 0.4) is 0 Å². The molecular formula is C14H16O3. The molecule has 1 atom stereocenters. The fourth-order valence-electron chi connectivity index (χ4n) is 1.70. The van der Waals surface area contributed by atoms with Gasteiger partial charge in [-0.15, -0.1) is 0 Å². The lowest BCUT2D eigenvalue weighted by Crippen LogP contribution is -2.20. The van der Waals surface area contributed by atoms with Crippen molar-refractivity contribution in [2.45, 2.75) is 25.7 Å². The first kappa shape index (κ1) is 12.0. The van der Waals surface area contributed by atoms with E-state index in [-0.39, 0.29) is 11.9 Å². The van der Waals surface area contributed by atoms with Crippen molar-refractivity contribution in [1.29, 1.82) is 0 Å². The standard InChI is InChI=1S/C14H16O3/c1-14(2)16-10-12(17-14)8-9-13(15)11-6-4-3-5-7-11/h3-9,12H,10H2,1-2H3/b9-8-/t12-/m0/s1. The molecule has 2 rings (SSSR count). The predicted molar refractivity (Wildman–Crippen MR) is 64.8 cm³/mol. The van der Waals surface area contributed by atoms with Crippen LogP contribution >= 0.6 is 0 Å². The predicted octanol–water partition coefficient (Wildman–Crippen LogP) is 2.58. The Bertz CT molecular complexity index is 420. The summed E-state index contributed by atoms with van der Waals surface area (Å²) in [4.78, 5) is 11.8. The minimum Gasteiger partial charge on any atom is -0.347 e. The molecule has 0 spiro atoms. The van der Waals surface area contributed by atoms with E-state index < -0.39 is 5.79 Å². The van der Waals surface area contributed by atoms with Crippen LogP contribution in [0, 0.1) is 0 Å². The van der Waals surface area contributed by atoms with Crippen LogP contribution in [0.25, 0.3) is 0 Å². The maximum absolute atomic E-state index is 11.8. The molecule has 1 aromatic carbocycles. The molecule has 0 unspecified atom stereocenters. The Balaban J connectivity index is 1.96. The number of benzene rings is 1. The van der Waals surface area contributed by atoms with Gasteiger partial charge in [-0.2, -0.15) is 0 Å². The summed E-state index contributed by atoms with van der Waals surface area (Å²) in [5, 5.41) is 0. The summed E-state index contributed by atoms with van der Waals surface area (Å²) < 4.78 is 11.0. The number of allylic oxidation sites excluding steroid dienone is 1. The highest BCUT2D eigenvalue weighted by atomic mass is 16.7. The van der Waals surface area contributed by atoms with Gasteiger partial charge in [0.25, 0.3) is 0 Å². The summed E-state index contributed by atoms with van der Waals surface area (Å²) in [6.07, 6.45) is 3.16. The Morgan fingerprint density at radius 2 is 2.06 bits per heavy atom. The molecule has 1 aromatic rings. The van der Waals surface area contributed by atoms with Crippen LogP contribution in [0.4, 0.5) is 0 Å². The number of carbonyl (C=O) groups is 1. The van der Waals surface area contributed by atoms with Gasteiger partial charge in [0.1, 0.15) is 6.10 Å². The molecule has 0 aliphatic carbocycles. The van der Waals surface area contributed by atoms with Crippen molar-refractivity contribution in [2.24, 2.45) is 0 Å². The Hall–Kier alpha value is -1.45. The molecular weight excluding hydrogens is 216 g/mol. The second kappa shape index (κ2) is 4.82. The highest BCUT2D eigenvalue weighted by molar-refractivity contribution is 6.04. The van der Waals surface area contributed by atoms with Gasteiger partial charge in [0.2, 0.25) is 0 Å². The molecule has 1 saturated heterocycles. The van der Waals surface area contributed by atoms with Crippen LogP contribution in [0.2, 0.25) is 0 Å². The van der Waals surface area contributed by atoms with Gasteiger partial charge in [-0.3, -0.25) is 4.79 Å². The van der Waals surface area contributed by atoms with Crippen molar-refractivity contribution in [3.63, 3.8) is 0 Å². The number of hydrogen-bond acceptors (Lipinski definition) is 3. The quantitative estimate of drug-likeness (QED) is 0.593. The van der Waals surface area contributed by atoms with Crippen LogP contribution in [0.15, 0.2) is 42.5 Å². The third kappa shape index (κ3) is 3.25. The van der Waals surface area contributed by atoms with Gasteiger partial charge >= 0.3 is 0 Å². The van der Waals surface area contributed by atoms with Crippen LogP contribution in [-0.2, 0) is 9.47 Å². The highest BCUT2D eigenvalue weighted by Crippen LogP contribution is 2.22. The zero-order chi connectivity index (χ0) is 12.3. The Morgan fingerprint density at radius 1 is 1.35 bits per heavy atom. The number of rotatable bonds is 3. The van der Waals surface area contributed by atoms with E-state index in [0.717, 1.165) is 0 Å². The molecule has 17 heavy (non-hydrogen) atoms. The van der Waals surface area contributed by atoms with Crippen molar-refractivity contribution in [2.75, 3.05) is 6.61 Å². The monoisotopic (exact) mass is 232 g/mol. The average Bonchev–Trinajstić information content (AvgIpc) is 2.67. The first-order valence-electron chi connectivity index (χ1n) is 5.66. The maximum Gasteiger partial charge on any atom is 0.185 e. The fourth-order valence-corrected chi connectivity index (χ4v) is 1.70. The molecule has 1 heterocycles. The molecule has 0 radical (unpaired) electrons. The molecule has 0 bridgehead atoms. The lowest BCUT2D eigenvalue weighted by molar-refractivity contribution is -0.133. The first-order chi connectivity index (χ1) is 8.07. The lowest BCUT2D eigenvalue weighted by Gasteiger charge is -2.15. The molecule has 3 heteroatoms. The van der Waals surface area contributed by atoms with E-state index in [9.17, 15) is 4.79 Å². The normalized spacial score (nSPS) is 23.1. The largest absolute Gasteiger partial charge is 0.347 e. The van der Waals surface area contributed by atoms with Gasteiger partial charge in [0.15, 0.2) is 11.6 Å². The van der Waals surface area contributed by atoms with E-state index >= 15 is 0 Å². The zero-order valence-corrected chi connectivity index (χ0v) is 10.1. The molecule has 0 saturated carbocycles. The summed E-state index contributed by atoms with van der Waals surface area (Å²) in [7, 11) is 0. The molecule has 0 aromatic heterocycles. The minimum absolute atomic E-state index is 0.0149. The first-order valence-corrected chi connectivity index (χ1v) is 5.66. The van der Waals surface area contributed by atoms with Crippen molar-refractivity contribution in [3.05, 3.63) is 48.0 Å². The van der Waals surface area contributed by atoms with Crippen LogP contribution in [0.1, 0.15) is 24.2 Å². The molecule has 1 aliphatic rings. The third-order valence-corrected chi connectivity index (χ3v) is 2.55. The smallest absolute Gasteiger partial charge is 0.185 e. The van der Waals surface area contributed by atoms with Gasteiger partial charge in [-0.05, 0) is 26.0 Å². The van der Waals surface area contributed by atoms with Crippen LogP contribution < -0.4 is 0 Å². The van der Waals surface area contributed by atoms with Gasteiger partial charge in [0, 0.05) is 5.56 Å². The van der Waals surface area contributed by atoms with E-state index in [1.54, 1.807) is 24.3 Å². The number of hydrogen-bond donors (Lipinski definition) is 0. The van der Waals surface area contributed by atoms with E-state index in [0.29, 0.717) is 12.2 Å². The van der Waals surface area contributed by atoms with Crippen molar-refractivity contribution in [3.8, 4) is 0 Å². The van der Waals surface area contributed by atoms with E-state index in [1.807, 2.05) is 32.0 Å². The molecule has 1 fully saturated rings. The molecule has 0 N–H and O–H groups in total. The van der Waals surface area contributed by atoms with Crippen molar-refractivity contribution in [1.82, 2.24) is 0 Å². The Kier molecular flexibility index (Phi) is 3.41. The maximum atomic E-state index is 11.8. The number of ketones is 1. The second-order valence-corrected chi connectivity index (χ2v) is 4.46. The molecule has 1 aliphatic heterocycles. The van der Waals surface area contributed by atoms with Crippen molar-refractivity contribution < 1.29 is 14.3 Å². The molecule has 90 valence electrons. The summed E-state index contributed by atoms with van der Waals surface area (Å²) in [6, 6.07) is 9.17. The number of ether oxygens (including phenoxy) is 2. The topological polar surface area (TPSA) is 35.5 Å². The van der Waals surface area contributed by atoms with Gasteiger partial charge in [-0.1, -0.05) is 30.3 Å². The Labute approximate surface area is 101 Å². The summed E-state index contributed by atoms with van der Waals surface area (Å²) >= 11 is 0. The van der Waals surface area contributed by atoms with E-state index in [2.05, 4.69) is 0 Å². The van der Waals surface area contributed by atoms with Crippen molar-refractivity contribution >= 4 is 5.78 Å². The van der Waals surface area contributed by atoms with Gasteiger partial charge < -0.3 is 9.47 Å². The summed E-state index contributed by atoms with van der Waals surface area (Å²) in [5.74, 6) is -0.566. The SMILES string of the molecule is CC1(C)OC[C@H](/C=C\C(=O)c2ccccc2)O1. The third-order valence-electron chi connectivity index (χ3n) is 2.55. The lowest BCUT2D eigenvalue weighted by atomic mass is 10.1. The van der Waals surface area contributed by atoms with Crippen LogP contribution in [-0.4, -0.2) is 24.3 Å². The average molecular weight is 232 g/mol. The minimum atomic E-state index is -0.551. The van der Waals surface area contributed by atoms with Gasteiger partial charge in [-0.25, -0.2) is 0 Å². The molecule has 3 nitrogen and oxygen atoms in total. The van der Waals surface area contributed by atoms with Gasteiger partial charge in [0.05, 0.1) is 6.61 Å². The Morgan fingerprint density at radius 3 is 2.65 bits per heavy atom. The number of carbonyl (C=O) groups excluding carboxylic acids is 1.